The van der Waals surface area contributed by atoms with E-state index >= 15 is 0 Å². The summed E-state index contributed by atoms with van der Waals surface area (Å²) >= 11 is 1.71. The number of fused-ring (bicyclic) bond motifs is 1. The number of amides is 1. The third-order valence-corrected chi connectivity index (χ3v) is 6.07. The quantitative estimate of drug-likeness (QED) is 0.669. The van der Waals surface area contributed by atoms with Gasteiger partial charge in [0.15, 0.2) is 5.65 Å². The van der Waals surface area contributed by atoms with Crippen molar-refractivity contribution in [1.29, 1.82) is 0 Å². The van der Waals surface area contributed by atoms with Gasteiger partial charge in [-0.05, 0) is 31.0 Å². The van der Waals surface area contributed by atoms with Crippen molar-refractivity contribution in [2.24, 2.45) is 0 Å². The van der Waals surface area contributed by atoms with Crippen LogP contribution in [0.3, 0.4) is 0 Å². The van der Waals surface area contributed by atoms with Crippen molar-refractivity contribution in [3.8, 4) is 0 Å². The molecule has 0 N–H and O–H groups in total. The molecule has 3 aromatic heterocycles. The molecule has 1 aliphatic heterocycles. The van der Waals surface area contributed by atoms with Crippen molar-refractivity contribution >= 4 is 22.9 Å². The van der Waals surface area contributed by atoms with E-state index in [-0.39, 0.29) is 11.9 Å². The number of carbonyl (C=O) groups excluding carboxylic acids is 1. The molecule has 6 nitrogen and oxygen atoms in total. The second kappa shape index (κ2) is 7.17. The summed E-state index contributed by atoms with van der Waals surface area (Å²) < 4.78 is 1.73. The second-order valence-corrected chi connectivity index (χ2v) is 7.55. The normalized spacial score (nSPS) is 17.0. The number of rotatable bonds is 6. The lowest BCUT2D eigenvalue weighted by Gasteiger charge is -2.40. The molecule has 26 heavy (non-hydrogen) atoms. The minimum absolute atomic E-state index is 0.0219. The highest BCUT2D eigenvalue weighted by Crippen LogP contribution is 2.37. The molecule has 0 saturated carbocycles. The average molecular weight is 369 g/mol. The Morgan fingerprint density at radius 2 is 2.19 bits per heavy atom. The van der Waals surface area contributed by atoms with E-state index in [2.05, 4.69) is 40.3 Å². The highest BCUT2D eigenvalue weighted by Gasteiger charge is 2.35. The topological polar surface area (TPSA) is 53.7 Å². The van der Waals surface area contributed by atoms with Crippen LogP contribution < -0.4 is 0 Å². The van der Waals surface area contributed by atoms with Crippen molar-refractivity contribution < 1.29 is 4.79 Å². The molecule has 1 saturated heterocycles. The summed E-state index contributed by atoms with van der Waals surface area (Å²) in [6.45, 7) is 7.92. The van der Waals surface area contributed by atoms with Crippen molar-refractivity contribution in [3.63, 3.8) is 0 Å². The summed E-state index contributed by atoms with van der Waals surface area (Å²) in [5, 5.41) is 6.44. The second-order valence-electron chi connectivity index (χ2n) is 6.57. The summed E-state index contributed by atoms with van der Waals surface area (Å²) in [5.74, 6) is 0.0219. The van der Waals surface area contributed by atoms with Crippen LogP contribution in [0.1, 0.15) is 47.1 Å². The van der Waals surface area contributed by atoms with Crippen LogP contribution in [0.2, 0.25) is 0 Å². The molecule has 1 fully saturated rings. The Balaban J connectivity index is 1.56. The van der Waals surface area contributed by atoms with Crippen LogP contribution in [-0.4, -0.2) is 49.9 Å². The first kappa shape index (κ1) is 17.2. The Labute approximate surface area is 157 Å². The van der Waals surface area contributed by atoms with E-state index in [0.29, 0.717) is 11.2 Å². The van der Waals surface area contributed by atoms with Gasteiger partial charge in [0.05, 0.1) is 12.2 Å². The summed E-state index contributed by atoms with van der Waals surface area (Å²) in [4.78, 5) is 23.0. The van der Waals surface area contributed by atoms with Gasteiger partial charge in [-0.1, -0.05) is 19.9 Å². The van der Waals surface area contributed by atoms with E-state index in [1.807, 2.05) is 23.4 Å². The van der Waals surface area contributed by atoms with E-state index in [0.717, 1.165) is 38.2 Å². The summed E-state index contributed by atoms with van der Waals surface area (Å²) in [5.41, 5.74) is 2.32. The Morgan fingerprint density at radius 3 is 2.85 bits per heavy atom. The molecule has 1 amide bonds. The minimum atomic E-state index is 0.0219. The third kappa shape index (κ3) is 3.01. The average Bonchev–Trinajstić information content (AvgIpc) is 3.28. The lowest BCUT2D eigenvalue weighted by atomic mass is 10.0. The molecule has 3 aromatic rings. The summed E-state index contributed by atoms with van der Waals surface area (Å²) in [7, 11) is 0. The molecule has 1 atom stereocenters. The van der Waals surface area contributed by atoms with E-state index < -0.39 is 0 Å². The van der Waals surface area contributed by atoms with Crippen LogP contribution >= 0.6 is 11.3 Å². The molecule has 0 radical (unpaired) electrons. The van der Waals surface area contributed by atoms with Gasteiger partial charge >= 0.3 is 0 Å². The van der Waals surface area contributed by atoms with Crippen LogP contribution in [0, 0.1) is 0 Å². The van der Waals surface area contributed by atoms with E-state index in [1.54, 1.807) is 22.0 Å². The molecule has 1 aliphatic rings. The first-order chi connectivity index (χ1) is 12.7. The summed E-state index contributed by atoms with van der Waals surface area (Å²) in [6.07, 6.45) is 6.51. The van der Waals surface area contributed by atoms with Crippen LogP contribution in [-0.2, 0) is 6.54 Å². The Kier molecular flexibility index (Phi) is 4.74. The van der Waals surface area contributed by atoms with Crippen molar-refractivity contribution in [2.75, 3.05) is 19.6 Å². The lowest BCUT2D eigenvalue weighted by Crippen LogP contribution is -2.44. The highest BCUT2D eigenvalue weighted by molar-refractivity contribution is 7.10. The zero-order valence-corrected chi connectivity index (χ0v) is 15.9. The zero-order chi connectivity index (χ0) is 18.1. The molecule has 7 heteroatoms. The van der Waals surface area contributed by atoms with E-state index in [9.17, 15) is 4.79 Å². The van der Waals surface area contributed by atoms with Crippen LogP contribution in [0.4, 0.5) is 0 Å². The molecule has 136 valence electrons. The van der Waals surface area contributed by atoms with E-state index in [4.69, 9.17) is 0 Å². The number of thiophene rings is 1. The fourth-order valence-electron chi connectivity index (χ4n) is 3.41. The predicted octanol–water partition coefficient (Wildman–Crippen LogP) is 3.22. The maximum Gasteiger partial charge on any atom is 0.259 e. The molecule has 0 bridgehead atoms. The highest BCUT2D eigenvalue weighted by atomic mass is 32.1. The predicted molar refractivity (Wildman–Crippen MR) is 102 cm³/mol. The van der Waals surface area contributed by atoms with Gasteiger partial charge in [0.25, 0.3) is 5.91 Å². The van der Waals surface area contributed by atoms with Crippen LogP contribution in [0.5, 0.6) is 0 Å². The first-order valence-electron chi connectivity index (χ1n) is 9.10. The smallest absolute Gasteiger partial charge is 0.259 e. The number of hydrogen-bond donors (Lipinski definition) is 0. The number of carbonyl (C=O) groups is 1. The van der Waals surface area contributed by atoms with Gasteiger partial charge in [0.2, 0.25) is 0 Å². The van der Waals surface area contributed by atoms with Crippen molar-refractivity contribution in [2.45, 2.75) is 32.9 Å². The van der Waals surface area contributed by atoms with Gasteiger partial charge < -0.3 is 4.90 Å². The molecule has 0 aromatic carbocycles. The van der Waals surface area contributed by atoms with Crippen LogP contribution in [0.15, 0.2) is 36.1 Å². The fourth-order valence-corrected chi connectivity index (χ4v) is 4.29. The fraction of sp³-hybridized carbons (Fsp3) is 0.421. The molecule has 4 heterocycles. The monoisotopic (exact) mass is 369 g/mol. The third-order valence-electron chi connectivity index (χ3n) is 5.09. The minimum Gasteiger partial charge on any atom is -0.330 e. The van der Waals surface area contributed by atoms with Gasteiger partial charge in [-0.25, -0.2) is 9.50 Å². The van der Waals surface area contributed by atoms with Gasteiger partial charge in [-0.2, -0.15) is 5.10 Å². The SMILES string of the molecule is CCN(CC)Cc1cnc2c(C(=O)N3CC[C@@H]3c3cccs3)cnn2c1. The molecule has 4 rings (SSSR count). The lowest BCUT2D eigenvalue weighted by molar-refractivity contribution is 0.0470. The molecular weight excluding hydrogens is 346 g/mol. The zero-order valence-electron chi connectivity index (χ0n) is 15.1. The largest absolute Gasteiger partial charge is 0.330 e. The molecule has 0 aliphatic carbocycles. The van der Waals surface area contributed by atoms with Crippen molar-refractivity contribution in [1.82, 2.24) is 24.4 Å². The summed E-state index contributed by atoms with van der Waals surface area (Å²) in [6, 6.07) is 4.33. The number of hydrogen-bond acceptors (Lipinski definition) is 5. The Hall–Kier alpha value is -2.25. The molecule has 0 unspecified atom stereocenters. The van der Waals surface area contributed by atoms with Crippen molar-refractivity contribution in [3.05, 3.63) is 52.1 Å². The number of aromatic nitrogens is 3. The maximum absolute atomic E-state index is 13.0. The molecule has 0 spiro atoms. The van der Waals surface area contributed by atoms with Crippen LogP contribution in [0.25, 0.3) is 5.65 Å². The van der Waals surface area contributed by atoms with Gasteiger partial charge in [0.1, 0.15) is 5.56 Å². The van der Waals surface area contributed by atoms with Gasteiger partial charge in [-0.15, -0.1) is 11.3 Å². The Morgan fingerprint density at radius 1 is 1.35 bits per heavy atom. The number of likely N-dealkylation sites (tertiary alicyclic amines) is 1. The van der Waals surface area contributed by atoms with Gasteiger partial charge in [-0.3, -0.25) is 9.69 Å². The standard InChI is InChI=1S/C19H23N5OS/c1-3-22(4-2)12-14-10-20-18-15(11-21-24(18)13-14)19(25)23-8-7-16(23)17-6-5-9-26-17/h5-6,9-11,13,16H,3-4,7-8,12H2,1-2H3/t16-/m1/s1. The van der Waals surface area contributed by atoms with E-state index in [1.165, 1.54) is 4.88 Å². The Bertz CT molecular complexity index is 900. The maximum atomic E-state index is 13.0. The first-order valence-corrected chi connectivity index (χ1v) is 9.98. The number of nitrogens with zero attached hydrogens (tertiary/aromatic N) is 5. The van der Waals surface area contributed by atoms with Gasteiger partial charge in [0, 0.05) is 35.9 Å². The molecular formula is C19H23N5OS.